The molecule has 0 aromatic carbocycles. The number of carbonyl (C=O) groups excluding carboxylic acids is 2. The van der Waals surface area contributed by atoms with Gasteiger partial charge in [-0.25, -0.2) is 0 Å². The number of carbonyl (C=O) groups is 2. The Morgan fingerprint density at radius 2 is 1.27 bits per heavy atom. The van der Waals surface area contributed by atoms with E-state index >= 15 is 0 Å². The summed E-state index contributed by atoms with van der Waals surface area (Å²) in [6, 6.07) is 0. The van der Waals surface area contributed by atoms with Crippen molar-refractivity contribution in [1.82, 2.24) is 0 Å². The van der Waals surface area contributed by atoms with Crippen molar-refractivity contribution in [2.24, 2.45) is 0 Å². The van der Waals surface area contributed by atoms with Crippen LogP contribution in [0.25, 0.3) is 0 Å². The SMILES string of the molecule is COC(=O)C[CH2][Ge]([CH3])([CH3])[CH2]CC(=O)OC. The Kier molecular flexibility index (Phi) is 6.64. The molecule has 0 aliphatic heterocycles. The zero-order chi connectivity index (χ0) is 11.9. The quantitative estimate of drug-likeness (QED) is 0.549. The molecular weight excluding hydrogens is 257 g/mol. The zero-order valence-electron chi connectivity index (χ0n) is 9.96. The van der Waals surface area contributed by atoms with E-state index in [1.807, 2.05) is 0 Å². The first kappa shape index (κ1) is 14.5. The van der Waals surface area contributed by atoms with Gasteiger partial charge in [-0.3, -0.25) is 0 Å². The second kappa shape index (κ2) is 6.87. The Morgan fingerprint density at radius 3 is 1.53 bits per heavy atom. The molecule has 0 fully saturated rings. The monoisotopic (exact) mass is 278 g/mol. The molecule has 15 heavy (non-hydrogen) atoms. The minimum absolute atomic E-state index is 0.160. The van der Waals surface area contributed by atoms with Gasteiger partial charge in [-0.1, -0.05) is 0 Å². The van der Waals surface area contributed by atoms with E-state index in [1.54, 1.807) is 0 Å². The summed E-state index contributed by atoms with van der Waals surface area (Å²) in [7, 11) is 2.80. The summed E-state index contributed by atoms with van der Waals surface area (Å²) in [5.74, 6) is 4.11. The van der Waals surface area contributed by atoms with Crippen LogP contribution in [0.1, 0.15) is 12.8 Å². The van der Waals surface area contributed by atoms with Crippen molar-refractivity contribution in [2.75, 3.05) is 14.2 Å². The standard InChI is InChI=1S/C10H20GeO4/c1-11(2,7-5-9(12)14-3)8-6-10(13)15-4/h5-8H2,1-4H3. The van der Waals surface area contributed by atoms with Crippen LogP contribution < -0.4 is 0 Å². The molecule has 0 saturated heterocycles. The van der Waals surface area contributed by atoms with Crippen LogP contribution in [0, 0.1) is 0 Å². The van der Waals surface area contributed by atoms with Crippen LogP contribution >= 0.6 is 0 Å². The van der Waals surface area contributed by atoms with Gasteiger partial charge in [0.2, 0.25) is 0 Å². The van der Waals surface area contributed by atoms with E-state index in [4.69, 9.17) is 0 Å². The Bertz CT molecular complexity index is 203. The van der Waals surface area contributed by atoms with Crippen molar-refractivity contribution in [3.8, 4) is 0 Å². The number of esters is 2. The molecule has 0 aliphatic carbocycles. The predicted molar refractivity (Wildman–Crippen MR) is 60.4 cm³/mol. The molecule has 0 saturated carbocycles. The maximum absolute atomic E-state index is 11.0. The van der Waals surface area contributed by atoms with Crippen molar-refractivity contribution < 1.29 is 19.1 Å². The van der Waals surface area contributed by atoms with Gasteiger partial charge in [0.25, 0.3) is 0 Å². The molecule has 0 N–H and O–H groups in total. The molecular formula is C10H20GeO4. The molecule has 0 heterocycles. The molecule has 0 spiro atoms. The Hall–Kier alpha value is -0.517. The van der Waals surface area contributed by atoms with Gasteiger partial charge in [0.05, 0.1) is 0 Å². The average Bonchev–Trinajstić information content (AvgIpc) is 2.22. The van der Waals surface area contributed by atoms with E-state index in [0.29, 0.717) is 12.8 Å². The summed E-state index contributed by atoms with van der Waals surface area (Å²) in [4.78, 5) is 21.9. The maximum atomic E-state index is 11.0. The molecule has 88 valence electrons. The van der Waals surface area contributed by atoms with Gasteiger partial charge in [0.1, 0.15) is 0 Å². The molecule has 0 rings (SSSR count). The molecule has 0 aromatic heterocycles. The van der Waals surface area contributed by atoms with Crippen LogP contribution in [-0.2, 0) is 19.1 Å². The molecule has 0 amide bonds. The van der Waals surface area contributed by atoms with Crippen LogP contribution in [0.4, 0.5) is 0 Å². The van der Waals surface area contributed by atoms with Crippen LogP contribution in [0.5, 0.6) is 0 Å². The summed E-state index contributed by atoms with van der Waals surface area (Å²) in [6.45, 7) is 0. The van der Waals surface area contributed by atoms with Gasteiger partial charge in [0.15, 0.2) is 0 Å². The van der Waals surface area contributed by atoms with Crippen molar-refractivity contribution in [3.63, 3.8) is 0 Å². The fourth-order valence-electron chi connectivity index (χ4n) is 1.21. The number of hydrogen-bond acceptors (Lipinski definition) is 4. The van der Waals surface area contributed by atoms with Crippen LogP contribution in [0.15, 0.2) is 0 Å². The van der Waals surface area contributed by atoms with Crippen LogP contribution in [-0.4, -0.2) is 39.4 Å². The summed E-state index contributed by atoms with van der Waals surface area (Å²) >= 11 is -1.96. The Balaban J connectivity index is 3.86. The van der Waals surface area contributed by atoms with E-state index in [0.717, 1.165) is 10.5 Å². The van der Waals surface area contributed by atoms with E-state index in [1.165, 1.54) is 14.2 Å². The molecule has 0 aliphatic rings. The Morgan fingerprint density at radius 1 is 0.933 bits per heavy atom. The van der Waals surface area contributed by atoms with E-state index in [9.17, 15) is 9.59 Å². The first-order chi connectivity index (χ1) is 6.91. The minimum atomic E-state index is -1.96. The summed E-state index contributed by atoms with van der Waals surface area (Å²) in [5.41, 5.74) is 0. The van der Waals surface area contributed by atoms with Crippen LogP contribution in [0.3, 0.4) is 0 Å². The zero-order valence-corrected chi connectivity index (χ0v) is 12.1. The van der Waals surface area contributed by atoms with Gasteiger partial charge in [-0.05, 0) is 0 Å². The third-order valence-corrected chi connectivity index (χ3v) is 9.20. The van der Waals surface area contributed by atoms with Gasteiger partial charge in [-0.15, -0.1) is 0 Å². The molecule has 0 bridgehead atoms. The van der Waals surface area contributed by atoms with Gasteiger partial charge in [0, 0.05) is 0 Å². The molecule has 0 unspecified atom stereocenters. The second-order valence-corrected chi connectivity index (χ2v) is 15.5. The predicted octanol–water partition coefficient (Wildman–Crippen LogP) is 1.82. The number of hydrogen-bond donors (Lipinski definition) is 0. The fourth-order valence-corrected chi connectivity index (χ4v) is 5.43. The summed E-state index contributed by atoms with van der Waals surface area (Å²) in [6.07, 6.45) is 0.954. The van der Waals surface area contributed by atoms with Gasteiger partial charge in [-0.2, -0.15) is 0 Å². The van der Waals surface area contributed by atoms with Crippen LogP contribution in [0.2, 0.25) is 22.0 Å². The first-order valence-corrected chi connectivity index (χ1v) is 12.2. The van der Waals surface area contributed by atoms with E-state index in [-0.39, 0.29) is 11.9 Å². The number of ether oxygens (including phenoxy) is 2. The first-order valence-electron chi connectivity index (χ1n) is 5.05. The second-order valence-electron chi connectivity index (χ2n) is 4.32. The number of methoxy groups -OCH3 is 2. The molecule has 0 aromatic rings. The molecule has 0 atom stereocenters. The van der Waals surface area contributed by atoms with E-state index in [2.05, 4.69) is 21.0 Å². The normalized spacial score (nSPS) is 10.9. The molecule has 4 nitrogen and oxygen atoms in total. The average molecular weight is 277 g/mol. The third kappa shape index (κ3) is 7.42. The van der Waals surface area contributed by atoms with Crippen molar-refractivity contribution in [3.05, 3.63) is 0 Å². The summed E-state index contributed by atoms with van der Waals surface area (Å²) < 4.78 is 9.18. The van der Waals surface area contributed by atoms with Crippen molar-refractivity contribution in [2.45, 2.75) is 34.9 Å². The summed E-state index contributed by atoms with van der Waals surface area (Å²) in [5, 5.41) is 1.81. The van der Waals surface area contributed by atoms with Gasteiger partial charge < -0.3 is 0 Å². The van der Waals surface area contributed by atoms with Gasteiger partial charge >= 0.3 is 93.3 Å². The van der Waals surface area contributed by atoms with Crippen molar-refractivity contribution in [1.29, 1.82) is 0 Å². The topological polar surface area (TPSA) is 52.6 Å². The van der Waals surface area contributed by atoms with E-state index < -0.39 is 13.3 Å². The molecule has 0 radical (unpaired) electrons. The fraction of sp³-hybridized carbons (Fsp3) is 0.800. The Labute approximate surface area is 93.7 Å². The number of rotatable bonds is 6. The van der Waals surface area contributed by atoms with Crippen molar-refractivity contribution >= 4 is 25.2 Å². The third-order valence-electron chi connectivity index (χ3n) is 2.47. The molecule has 5 heteroatoms.